The molecular formula is C62H81ClN4O16. The minimum absolute atomic E-state index is 0. The first-order chi connectivity index (χ1) is 38.8. The van der Waals surface area contributed by atoms with Crippen LogP contribution in [0, 0.1) is 35.5 Å². The van der Waals surface area contributed by atoms with E-state index in [2.05, 4.69) is 60.4 Å². The monoisotopic (exact) mass is 1170 g/mol. The number of nitrogens with two attached hydrogens (primary N) is 2. The number of phenolic OH excluding ortho intramolecular Hbond substituents is 1. The van der Waals surface area contributed by atoms with Gasteiger partial charge in [0.1, 0.15) is 78.2 Å². The zero-order chi connectivity index (χ0) is 61.7. The van der Waals surface area contributed by atoms with Crippen LogP contribution in [0.5, 0.6) is 23.0 Å². The molecule has 0 unspecified atom stereocenters. The van der Waals surface area contributed by atoms with Crippen LogP contribution in [0.25, 0.3) is 0 Å². The Morgan fingerprint density at radius 1 is 0.446 bits per heavy atom. The second-order valence-electron chi connectivity index (χ2n) is 19.3. The van der Waals surface area contributed by atoms with Gasteiger partial charge >= 0.3 is 36.1 Å². The molecule has 20 nitrogen and oxygen atoms in total. The van der Waals surface area contributed by atoms with Gasteiger partial charge in [0.25, 0.3) is 0 Å². The van der Waals surface area contributed by atoms with Crippen molar-refractivity contribution in [3.63, 3.8) is 0 Å². The number of carbonyl (C=O) groups is 6. The van der Waals surface area contributed by atoms with Crippen LogP contribution in [0.15, 0.2) is 97.1 Å². The summed E-state index contributed by atoms with van der Waals surface area (Å²) in [4.78, 5) is 69.7. The second-order valence-corrected chi connectivity index (χ2v) is 19.3. The Morgan fingerprint density at radius 3 is 0.940 bits per heavy atom. The summed E-state index contributed by atoms with van der Waals surface area (Å²) >= 11 is 0. The maximum Gasteiger partial charge on any atom is 0.408 e. The molecule has 0 saturated heterocycles. The highest BCUT2D eigenvalue weighted by Gasteiger charge is 2.27. The number of hydrogen-bond donors (Lipinski definition) is 5. The lowest BCUT2D eigenvalue weighted by Crippen LogP contribution is -2.45. The van der Waals surface area contributed by atoms with Crippen LogP contribution < -0.4 is 36.3 Å². The molecule has 0 saturated carbocycles. The standard InChI is InChI=1S/C19H25NO5.C15H21NO5.2C14H17NO3.ClH/c1-6-7-12-24-15-10-8-14(9-11-15)13-16(17(21)23-5)20-18(22)25-19(2,3)4;1-15(2,3)21-14(19)16-12(13(18)20-4)9-10-5-7-11(17)8-6-10;2*1-3-4-9-18-12-7-5-11(6-8-12)10-13(15)14(16)17-2;/h8-11,16H,12-13H2,1-5H3,(H,20,22);5-8,12,17H,9H2,1-4H3,(H,16,19);2*5-8,13H,9-10,15H2,1-2H3;1H/t16-;12-;2*13-;/m0000./s1. The third kappa shape index (κ3) is 34.3. The van der Waals surface area contributed by atoms with Gasteiger partial charge in [0.15, 0.2) is 0 Å². The fourth-order valence-electron chi connectivity index (χ4n) is 6.39. The van der Waals surface area contributed by atoms with Crippen molar-refractivity contribution >= 4 is 48.5 Å². The van der Waals surface area contributed by atoms with Crippen LogP contribution in [0.2, 0.25) is 0 Å². The maximum absolute atomic E-state index is 11.9. The normalized spacial score (nSPS) is 11.4. The molecule has 452 valence electrons. The Balaban J connectivity index is 0.00000109. The van der Waals surface area contributed by atoms with E-state index in [9.17, 15) is 33.9 Å². The van der Waals surface area contributed by atoms with Crippen LogP contribution in [-0.2, 0) is 73.3 Å². The number of esters is 4. The number of hydrogen-bond acceptors (Lipinski definition) is 18. The molecule has 0 aliphatic carbocycles. The highest BCUT2D eigenvalue weighted by atomic mass is 35.5. The Hall–Kier alpha value is -8.61. The molecule has 0 aliphatic heterocycles. The zero-order valence-corrected chi connectivity index (χ0v) is 50.4. The van der Waals surface area contributed by atoms with E-state index in [4.69, 9.17) is 39.9 Å². The highest BCUT2D eigenvalue weighted by molar-refractivity contribution is 5.85. The van der Waals surface area contributed by atoms with Crippen molar-refractivity contribution in [2.75, 3.05) is 48.3 Å². The fraction of sp³-hybridized carbons (Fsp3) is 0.419. The number of carbonyl (C=O) groups excluding carboxylic acids is 6. The number of alkyl carbamates (subject to hydrolysis) is 2. The van der Waals surface area contributed by atoms with E-state index < -0.39 is 71.4 Å². The lowest BCUT2D eigenvalue weighted by molar-refractivity contribution is -0.143. The van der Waals surface area contributed by atoms with Gasteiger partial charge in [0.2, 0.25) is 0 Å². The van der Waals surface area contributed by atoms with E-state index in [1.54, 1.807) is 86.6 Å². The van der Waals surface area contributed by atoms with Crippen molar-refractivity contribution in [3.05, 3.63) is 119 Å². The van der Waals surface area contributed by atoms with Crippen molar-refractivity contribution in [1.29, 1.82) is 0 Å². The van der Waals surface area contributed by atoms with Gasteiger partial charge in [-0.05, 0) is 146 Å². The van der Waals surface area contributed by atoms with Crippen LogP contribution in [0.1, 0.15) is 84.6 Å². The van der Waals surface area contributed by atoms with E-state index in [0.29, 0.717) is 38.4 Å². The van der Waals surface area contributed by atoms with Gasteiger partial charge in [-0.15, -0.1) is 30.2 Å². The lowest BCUT2D eigenvalue weighted by Gasteiger charge is -2.22. The first kappa shape index (κ1) is 74.4. The fourth-order valence-corrected chi connectivity index (χ4v) is 6.39. The van der Waals surface area contributed by atoms with E-state index >= 15 is 0 Å². The number of methoxy groups -OCH3 is 4. The predicted octanol–water partition coefficient (Wildman–Crippen LogP) is 7.38. The van der Waals surface area contributed by atoms with Gasteiger partial charge in [-0.1, -0.05) is 66.3 Å². The average Bonchev–Trinajstić information content (AvgIpc) is 3.44. The summed E-state index contributed by atoms with van der Waals surface area (Å²) in [6.07, 6.45) is 0.0639. The van der Waals surface area contributed by atoms with Crippen LogP contribution >= 0.6 is 12.4 Å². The van der Waals surface area contributed by atoms with Gasteiger partial charge in [-0.25, -0.2) is 19.2 Å². The summed E-state index contributed by atoms with van der Waals surface area (Å²) in [5, 5.41) is 14.3. The molecule has 4 atom stereocenters. The SMILES string of the molecule is CC#CCOc1ccc(C[C@H](N)C(=O)OC)cc1.CC#CCOc1ccc(C[C@H](N)C(=O)OC)cc1.CC#CCOc1ccc(C[C@H](NC(=O)OC(C)(C)C)C(=O)OC)cc1.COC(=O)[C@H](Cc1ccc(O)cc1)NC(=O)OC(C)(C)C.Cl. The molecule has 21 heteroatoms. The Bertz CT molecular complexity index is 2690. The lowest BCUT2D eigenvalue weighted by atomic mass is 10.1. The zero-order valence-electron chi connectivity index (χ0n) is 49.6. The van der Waals surface area contributed by atoms with Gasteiger partial charge < -0.3 is 69.8 Å². The molecule has 4 rings (SSSR count). The quantitative estimate of drug-likeness (QED) is 0.0328. The van der Waals surface area contributed by atoms with Crippen LogP contribution in [0.4, 0.5) is 9.59 Å². The van der Waals surface area contributed by atoms with Crippen LogP contribution in [-0.4, -0.2) is 125 Å². The van der Waals surface area contributed by atoms with Gasteiger partial charge in [-0.3, -0.25) is 9.59 Å². The number of aromatic hydroxyl groups is 1. The van der Waals surface area contributed by atoms with Crippen molar-refractivity contribution in [1.82, 2.24) is 10.6 Å². The Kier molecular flexibility index (Phi) is 36.3. The molecule has 0 fully saturated rings. The van der Waals surface area contributed by atoms with Gasteiger partial charge in [0, 0.05) is 12.8 Å². The topological polar surface area (TPSA) is 282 Å². The molecule has 7 N–H and O–H groups in total. The second kappa shape index (κ2) is 40.5. The van der Waals surface area contributed by atoms with Crippen molar-refractivity contribution in [2.24, 2.45) is 11.5 Å². The number of benzene rings is 4. The molecule has 0 aliphatic rings. The number of rotatable bonds is 20. The highest BCUT2D eigenvalue weighted by Crippen LogP contribution is 2.18. The number of phenols is 1. The van der Waals surface area contributed by atoms with Gasteiger partial charge in [0.05, 0.1) is 28.4 Å². The van der Waals surface area contributed by atoms with Crippen molar-refractivity contribution < 1.29 is 76.5 Å². The Morgan fingerprint density at radius 2 is 0.699 bits per heavy atom. The van der Waals surface area contributed by atoms with E-state index in [1.165, 1.54) is 40.6 Å². The summed E-state index contributed by atoms with van der Waals surface area (Å²) in [5.41, 5.74) is 13.6. The molecule has 0 spiro atoms. The average molecular weight is 1170 g/mol. The molecule has 0 radical (unpaired) electrons. The number of ether oxygens (including phenoxy) is 9. The summed E-state index contributed by atoms with van der Waals surface area (Å²) in [6, 6.07) is 25.4. The summed E-state index contributed by atoms with van der Waals surface area (Å²) in [7, 11) is 5.18. The maximum atomic E-state index is 11.9. The minimum atomic E-state index is -0.852. The largest absolute Gasteiger partial charge is 0.508 e. The molecular weight excluding hydrogens is 1090 g/mol. The third-order valence-corrected chi connectivity index (χ3v) is 10.3. The predicted molar refractivity (Wildman–Crippen MR) is 317 cm³/mol. The van der Waals surface area contributed by atoms with Crippen molar-refractivity contribution in [2.45, 2.75) is 123 Å². The number of amides is 2. The van der Waals surface area contributed by atoms with Crippen LogP contribution in [0.3, 0.4) is 0 Å². The summed E-state index contributed by atoms with van der Waals surface area (Å²) < 4.78 is 45.1. The molecule has 83 heavy (non-hydrogen) atoms. The Labute approximate surface area is 494 Å². The minimum Gasteiger partial charge on any atom is -0.508 e. The summed E-state index contributed by atoms with van der Waals surface area (Å²) in [6.45, 7) is 16.8. The molecule has 0 heterocycles. The first-order valence-corrected chi connectivity index (χ1v) is 25.7. The molecule has 0 bridgehead atoms. The first-order valence-electron chi connectivity index (χ1n) is 25.7. The van der Waals surface area contributed by atoms with Gasteiger partial charge in [-0.2, -0.15) is 0 Å². The molecule has 4 aromatic carbocycles. The summed E-state index contributed by atoms with van der Waals surface area (Å²) in [5.74, 6) is 17.1. The number of nitrogens with one attached hydrogen (secondary N) is 2. The van der Waals surface area contributed by atoms with E-state index in [1.807, 2.05) is 60.7 Å². The molecule has 2 amide bonds. The van der Waals surface area contributed by atoms with E-state index in [0.717, 1.165) is 33.8 Å². The number of halogens is 1. The smallest absolute Gasteiger partial charge is 0.408 e. The van der Waals surface area contributed by atoms with E-state index in [-0.39, 0.29) is 31.0 Å². The third-order valence-electron chi connectivity index (χ3n) is 10.3. The van der Waals surface area contributed by atoms with Crippen molar-refractivity contribution in [3.8, 4) is 58.5 Å². The molecule has 0 aromatic heterocycles. The molecule has 4 aromatic rings.